The molecule has 3 aromatic heterocycles. The van der Waals surface area contributed by atoms with Crippen LogP contribution in [0, 0.1) is 12.8 Å². The number of aromatic amines is 1. The molecule has 0 radical (unpaired) electrons. The van der Waals surface area contributed by atoms with Gasteiger partial charge in [-0.2, -0.15) is 10.2 Å². The molecule has 1 atom stereocenters. The third kappa shape index (κ3) is 2.36. The molecule has 4 aromatic rings. The van der Waals surface area contributed by atoms with Crippen molar-refractivity contribution >= 4 is 11.2 Å². The molecule has 3 heterocycles. The average Bonchev–Trinajstić information content (AvgIpc) is 3.17. The van der Waals surface area contributed by atoms with Crippen molar-refractivity contribution in [1.82, 2.24) is 29.5 Å². The summed E-state index contributed by atoms with van der Waals surface area (Å²) in [5.41, 5.74) is 6.01. The van der Waals surface area contributed by atoms with E-state index in [0.29, 0.717) is 6.04 Å². The lowest BCUT2D eigenvalue weighted by Crippen LogP contribution is -2.09. The molecule has 1 saturated carbocycles. The van der Waals surface area contributed by atoms with E-state index in [0.717, 1.165) is 45.4 Å². The van der Waals surface area contributed by atoms with Crippen molar-refractivity contribution in [3.8, 4) is 22.6 Å². The van der Waals surface area contributed by atoms with Gasteiger partial charge in [-0.1, -0.05) is 30.3 Å². The lowest BCUT2D eigenvalue weighted by atomic mass is 10.1. The summed E-state index contributed by atoms with van der Waals surface area (Å²) in [6.07, 6.45) is 4.61. The number of rotatable bonds is 4. The number of hydrogen-bond acceptors (Lipinski definition) is 3. The first-order chi connectivity index (χ1) is 12.6. The van der Waals surface area contributed by atoms with E-state index in [-0.39, 0.29) is 0 Å². The summed E-state index contributed by atoms with van der Waals surface area (Å²) < 4.78 is 3.94. The van der Waals surface area contributed by atoms with Gasteiger partial charge >= 0.3 is 0 Å². The molecule has 26 heavy (non-hydrogen) atoms. The van der Waals surface area contributed by atoms with Crippen molar-refractivity contribution in [2.45, 2.75) is 32.7 Å². The van der Waals surface area contributed by atoms with Crippen LogP contribution in [0.5, 0.6) is 0 Å². The summed E-state index contributed by atoms with van der Waals surface area (Å²) in [4.78, 5) is 8.42. The minimum Gasteiger partial charge on any atom is -0.335 e. The van der Waals surface area contributed by atoms with Gasteiger partial charge in [0, 0.05) is 18.8 Å². The first kappa shape index (κ1) is 15.4. The highest BCUT2D eigenvalue weighted by Gasteiger charge is 2.32. The van der Waals surface area contributed by atoms with Crippen LogP contribution in [-0.4, -0.2) is 29.5 Å². The fraction of sp³-hybridized carbons (Fsp3) is 0.350. The zero-order valence-corrected chi connectivity index (χ0v) is 15.3. The van der Waals surface area contributed by atoms with Gasteiger partial charge in [0.2, 0.25) is 0 Å². The number of H-pyrrole nitrogens is 1. The predicted octanol–water partition coefficient (Wildman–Crippen LogP) is 4.11. The van der Waals surface area contributed by atoms with Crippen molar-refractivity contribution in [1.29, 1.82) is 0 Å². The van der Waals surface area contributed by atoms with E-state index in [2.05, 4.69) is 33.8 Å². The van der Waals surface area contributed by atoms with Crippen LogP contribution in [0.3, 0.4) is 0 Å². The Labute approximate surface area is 151 Å². The molecule has 0 unspecified atom stereocenters. The molecule has 0 aliphatic heterocycles. The first-order valence-corrected chi connectivity index (χ1v) is 9.16. The normalized spacial score (nSPS) is 15.7. The molecule has 132 valence electrons. The Kier molecular flexibility index (Phi) is 3.29. The second-order valence-corrected chi connectivity index (χ2v) is 7.32. The molecular formula is C20H22N6. The quantitative estimate of drug-likeness (QED) is 0.605. The minimum atomic E-state index is 0.393. The Bertz CT molecular complexity index is 1080. The van der Waals surface area contributed by atoms with Gasteiger partial charge in [0.25, 0.3) is 0 Å². The molecule has 6 nitrogen and oxygen atoms in total. The first-order valence-electron chi connectivity index (χ1n) is 9.16. The van der Waals surface area contributed by atoms with Crippen LogP contribution < -0.4 is 0 Å². The highest BCUT2D eigenvalue weighted by atomic mass is 15.3. The SMILES string of the molecule is Cc1nn([C@H](C)C2CC2)c2nc(-c3cn(C)nc3-c3ccccc3)[nH]c12. The molecule has 0 saturated heterocycles. The largest absolute Gasteiger partial charge is 0.335 e. The summed E-state index contributed by atoms with van der Waals surface area (Å²) in [6.45, 7) is 4.29. The predicted molar refractivity (Wildman–Crippen MR) is 102 cm³/mol. The van der Waals surface area contributed by atoms with E-state index >= 15 is 0 Å². The van der Waals surface area contributed by atoms with Crippen LogP contribution in [0.2, 0.25) is 0 Å². The van der Waals surface area contributed by atoms with E-state index in [4.69, 9.17) is 10.1 Å². The van der Waals surface area contributed by atoms with Gasteiger partial charge in [-0.25, -0.2) is 9.67 Å². The van der Waals surface area contributed by atoms with Gasteiger partial charge < -0.3 is 4.98 Å². The van der Waals surface area contributed by atoms with Crippen molar-refractivity contribution in [3.05, 3.63) is 42.2 Å². The Morgan fingerprint density at radius 2 is 1.92 bits per heavy atom. The van der Waals surface area contributed by atoms with Crippen LogP contribution in [-0.2, 0) is 7.05 Å². The Morgan fingerprint density at radius 3 is 2.65 bits per heavy atom. The van der Waals surface area contributed by atoms with Crippen molar-refractivity contribution in [2.75, 3.05) is 0 Å². The van der Waals surface area contributed by atoms with E-state index in [1.165, 1.54) is 12.8 Å². The number of nitrogens with one attached hydrogen (secondary N) is 1. The third-order valence-corrected chi connectivity index (χ3v) is 5.34. The Hall–Kier alpha value is -2.89. The number of fused-ring (bicyclic) bond motifs is 1. The maximum absolute atomic E-state index is 4.93. The van der Waals surface area contributed by atoms with Crippen LogP contribution in [0.25, 0.3) is 33.8 Å². The van der Waals surface area contributed by atoms with E-state index in [1.807, 2.05) is 43.0 Å². The lowest BCUT2D eigenvalue weighted by Gasteiger charge is -2.10. The zero-order valence-electron chi connectivity index (χ0n) is 15.3. The van der Waals surface area contributed by atoms with Crippen molar-refractivity contribution in [3.63, 3.8) is 0 Å². The lowest BCUT2D eigenvalue weighted by molar-refractivity contribution is 0.449. The second-order valence-electron chi connectivity index (χ2n) is 7.32. The highest BCUT2D eigenvalue weighted by Crippen LogP contribution is 2.40. The number of imidazole rings is 1. The molecule has 0 bridgehead atoms. The molecular weight excluding hydrogens is 324 g/mol. The van der Waals surface area contributed by atoms with Gasteiger partial charge in [-0.05, 0) is 32.6 Å². The fourth-order valence-electron chi connectivity index (χ4n) is 3.70. The van der Waals surface area contributed by atoms with E-state index in [1.54, 1.807) is 0 Å². The second kappa shape index (κ2) is 5.56. The van der Waals surface area contributed by atoms with Gasteiger partial charge in [0.1, 0.15) is 17.0 Å². The summed E-state index contributed by atoms with van der Waals surface area (Å²) in [5.74, 6) is 1.58. The number of aromatic nitrogens is 6. The Balaban J connectivity index is 1.65. The molecule has 1 aliphatic rings. The van der Waals surface area contributed by atoms with E-state index in [9.17, 15) is 0 Å². The van der Waals surface area contributed by atoms with Crippen molar-refractivity contribution in [2.24, 2.45) is 13.0 Å². The van der Waals surface area contributed by atoms with Gasteiger partial charge in [0.05, 0.1) is 17.3 Å². The molecule has 6 heteroatoms. The Morgan fingerprint density at radius 1 is 1.15 bits per heavy atom. The number of benzene rings is 1. The van der Waals surface area contributed by atoms with Gasteiger partial charge in [0.15, 0.2) is 5.65 Å². The highest BCUT2D eigenvalue weighted by molar-refractivity contribution is 5.83. The maximum atomic E-state index is 4.93. The third-order valence-electron chi connectivity index (χ3n) is 5.34. The van der Waals surface area contributed by atoms with E-state index < -0.39 is 0 Å². The fourth-order valence-corrected chi connectivity index (χ4v) is 3.70. The monoisotopic (exact) mass is 346 g/mol. The van der Waals surface area contributed by atoms with Crippen molar-refractivity contribution < 1.29 is 0 Å². The molecule has 1 aromatic carbocycles. The molecule has 1 aliphatic carbocycles. The van der Waals surface area contributed by atoms with Gasteiger partial charge in [-0.3, -0.25) is 4.68 Å². The van der Waals surface area contributed by atoms with Crippen LogP contribution in [0.1, 0.15) is 31.5 Å². The summed E-state index contributed by atoms with van der Waals surface area (Å²) in [6, 6.07) is 10.6. The van der Waals surface area contributed by atoms with Crippen LogP contribution in [0.15, 0.2) is 36.5 Å². The number of nitrogens with zero attached hydrogens (tertiary/aromatic N) is 5. The molecule has 5 rings (SSSR count). The van der Waals surface area contributed by atoms with Crippen LogP contribution in [0.4, 0.5) is 0 Å². The maximum Gasteiger partial charge on any atom is 0.177 e. The zero-order chi connectivity index (χ0) is 17.8. The molecule has 0 spiro atoms. The molecule has 1 fully saturated rings. The molecule has 0 amide bonds. The number of hydrogen-bond donors (Lipinski definition) is 1. The summed E-state index contributed by atoms with van der Waals surface area (Å²) >= 11 is 0. The minimum absolute atomic E-state index is 0.393. The topological polar surface area (TPSA) is 64.3 Å². The van der Waals surface area contributed by atoms with Crippen LogP contribution >= 0.6 is 0 Å². The standard InChI is InChI=1S/C20H22N6/c1-12-17-20(26(23-12)13(2)14-9-10-14)22-19(21-17)16-11-25(3)24-18(16)15-7-5-4-6-8-15/h4-8,11,13-14H,9-10H2,1-3H3,(H,21,22)/t13-/m1/s1. The number of aryl methyl sites for hydroxylation is 2. The summed E-state index contributed by atoms with van der Waals surface area (Å²) in [7, 11) is 1.95. The molecule has 1 N–H and O–H groups in total. The summed E-state index contributed by atoms with van der Waals surface area (Å²) in [5, 5.41) is 9.40. The smallest absolute Gasteiger partial charge is 0.177 e. The average molecular weight is 346 g/mol. The van der Waals surface area contributed by atoms with Gasteiger partial charge in [-0.15, -0.1) is 0 Å².